The lowest BCUT2D eigenvalue weighted by Gasteiger charge is -2.31. The number of esters is 1. The predicted molar refractivity (Wildman–Crippen MR) is 121 cm³/mol. The highest BCUT2D eigenvalue weighted by molar-refractivity contribution is 5.88. The van der Waals surface area contributed by atoms with Gasteiger partial charge < -0.3 is 9.84 Å². The first-order valence-corrected chi connectivity index (χ1v) is 10.9. The van der Waals surface area contributed by atoms with E-state index in [0.29, 0.717) is 24.8 Å². The number of carbonyl (C=O) groups is 1. The number of ether oxygens (including phenoxy) is 1. The summed E-state index contributed by atoms with van der Waals surface area (Å²) in [6, 6.07) is 13.5. The molecule has 2 unspecified atom stereocenters. The summed E-state index contributed by atoms with van der Waals surface area (Å²) in [7, 11) is 0. The summed E-state index contributed by atoms with van der Waals surface area (Å²) in [5.74, 6) is -0.550. The number of carbonyl (C=O) groups excluding carboxylic acids is 1. The van der Waals surface area contributed by atoms with Gasteiger partial charge in [0.25, 0.3) is 0 Å². The molecule has 1 saturated heterocycles. The number of halogens is 1. The molecular weight excluding hydrogens is 391 g/mol. The van der Waals surface area contributed by atoms with Gasteiger partial charge in [0, 0.05) is 11.8 Å². The molecule has 1 aliphatic heterocycles. The summed E-state index contributed by atoms with van der Waals surface area (Å²) in [6.07, 6.45) is 5.33. The average molecular weight is 421 g/mol. The quantitative estimate of drug-likeness (QED) is 0.633. The number of rotatable bonds is 4. The lowest BCUT2D eigenvalue weighted by molar-refractivity contribution is -0.160. The summed E-state index contributed by atoms with van der Waals surface area (Å²) < 4.78 is 19.6. The molecule has 2 atom stereocenters. The van der Waals surface area contributed by atoms with Crippen LogP contribution < -0.4 is 0 Å². The number of benzene rings is 2. The molecule has 0 bridgehead atoms. The molecule has 4 heteroatoms. The fourth-order valence-electron chi connectivity index (χ4n) is 4.67. The minimum Gasteiger partial charge on any atom is -0.462 e. The molecule has 1 aliphatic carbocycles. The number of aryl methyl sites for hydroxylation is 1. The molecule has 0 amide bonds. The maximum Gasteiger partial charge on any atom is 0.308 e. The van der Waals surface area contributed by atoms with Crippen molar-refractivity contribution < 1.29 is 19.0 Å². The zero-order valence-corrected chi connectivity index (χ0v) is 18.3. The van der Waals surface area contributed by atoms with Crippen LogP contribution in [0.5, 0.6) is 0 Å². The Morgan fingerprint density at radius 1 is 1.19 bits per heavy atom. The van der Waals surface area contributed by atoms with Crippen molar-refractivity contribution >= 4 is 17.6 Å². The molecule has 31 heavy (non-hydrogen) atoms. The van der Waals surface area contributed by atoms with Crippen molar-refractivity contribution in [2.24, 2.45) is 5.41 Å². The summed E-state index contributed by atoms with van der Waals surface area (Å²) >= 11 is 0. The van der Waals surface area contributed by atoms with Crippen molar-refractivity contribution in [1.29, 1.82) is 0 Å². The third-order valence-corrected chi connectivity index (χ3v) is 6.39. The van der Waals surface area contributed by atoms with E-state index in [1.54, 1.807) is 6.92 Å². The molecule has 162 valence electrons. The number of hydrogen-bond donors (Lipinski definition) is 1. The van der Waals surface area contributed by atoms with Crippen LogP contribution in [-0.2, 0) is 9.53 Å². The monoisotopic (exact) mass is 420 g/mol. The van der Waals surface area contributed by atoms with Gasteiger partial charge in [0.15, 0.2) is 0 Å². The summed E-state index contributed by atoms with van der Waals surface area (Å²) in [6.45, 7) is 6.15. The van der Waals surface area contributed by atoms with E-state index in [1.165, 1.54) is 11.6 Å². The highest BCUT2D eigenvalue weighted by Crippen LogP contribution is 2.45. The van der Waals surface area contributed by atoms with E-state index in [-0.39, 0.29) is 29.7 Å². The van der Waals surface area contributed by atoms with E-state index in [4.69, 9.17) is 4.74 Å². The third kappa shape index (κ3) is 4.49. The molecule has 0 aromatic heterocycles. The molecule has 1 heterocycles. The molecule has 1 fully saturated rings. The third-order valence-electron chi connectivity index (χ3n) is 6.39. The van der Waals surface area contributed by atoms with Gasteiger partial charge in [0.2, 0.25) is 0 Å². The fraction of sp³-hybridized carbons (Fsp3) is 0.370. The second kappa shape index (κ2) is 8.43. The largest absolute Gasteiger partial charge is 0.462 e. The van der Waals surface area contributed by atoms with Crippen LogP contribution in [0, 0.1) is 18.2 Å². The van der Waals surface area contributed by atoms with Crippen LogP contribution in [-0.4, -0.2) is 23.3 Å². The van der Waals surface area contributed by atoms with E-state index >= 15 is 0 Å². The highest BCUT2D eigenvalue weighted by atomic mass is 19.1. The van der Waals surface area contributed by atoms with Crippen molar-refractivity contribution in [2.75, 3.05) is 0 Å². The van der Waals surface area contributed by atoms with Gasteiger partial charge >= 0.3 is 5.97 Å². The van der Waals surface area contributed by atoms with Gasteiger partial charge in [-0.05, 0) is 59.7 Å². The van der Waals surface area contributed by atoms with Crippen molar-refractivity contribution in [3.05, 3.63) is 82.2 Å². The number of aliphatic hydroxyl groups excluding tert-OH is 1. The Balaban J connectivity index is 1.82. The van der Waals surface area contributed by atoms with E-state index < -0.39 is 6.10 Å². The average Bonchev–Trinajstić information content (AvgIpc) is 2.82. The van der Waals surface area contributed by atoms with Gasteiger partial charge in [0.05, 0.1) is 12.5 Å². The topological polar surface area (TPSA) is 46.5 Å². The first-order chi connectivity index (χ1) is 14.7. The SMILES string of the molecule is Cc1cc(C2=C(CCC3CC(O)CC(=O)O3)C(C)(C)C=Cc3ccccc32)ccc1F. The lowest BCUT2D eigenvalue weighted by atomic mass is 9.76. The molecule has 2 aliphatic rings. The minimum atomic E-state index is -0.637. The first-order valence-electron chi connectivity index (χ1n) is 10.9. The molecule has 0 spiro atoms. The Kier molecular flexibility index (Phi) is 5.85. The Bertz CT molecular complexity index is 1060. The molecule has 4 rings (SSSR count). The number of hydrogen-bond acceptors (Lipinski definition) is 3. The van der Waals surface area contributed by atoms with Crippen LogP contribution in [0.3, 0.4) is 0 Å². The van der Waals surface area contributed by atoms with Crippen LogP contribution in [0.15, 0.2) is 54.1 Å². The van der Waals surface area contributed by atoms with Crippen LogP contribution >= 0.6 is 0 Å². The molecule has 0 saturated carbocycles. The van der Waals surface area contributed by atoms with Crippen LogP contribution in [0.25, 0.3) is 11.6 Å². The smallest absolute Gasteiger partial charge is 0.308 e. The molecule has 0 radical (unpaired) electrons. The van der Waals surface area contributed by atoms with Gasteiger partial charge in [-0.15, -0.1) is 0 Å². The second-order valence-corrected chi connectivity index (χ2v) is 9.20. The van der Waals surface area contributed by atoms with Crippen molar-refractivity contribution in [1.82, 2.24) is 0 Å². The van der Waals surface area contributed by atoms with Crippen LogP contribution in [0.1, 0.15) is 61.8 Å². The lowest BCUT2D eigenvalue weighted by Crippen LogP contribution is -2.32. The molecule has 2 aromatic carbocycles. The number of cyclic esters (lactones) is 1. The maximum absolute atomic E-state index is 14.1. The zero-order chi connectivity index (χ0) is 22.2. The normalized spacial score (nSPS) is 22.7. The predicted octanol–water partition coefficient (Wildman–Crippen LogP) is 5.84. The number of fused-ring (bicyclic) bond motifs is 1. The number of allylic oxidation sites excluding steroid dienone is 2. The van der Waals surface area contributed by atoms with Gasteiger partial charge in [-0.3, -0.25) is 4.79 Å². The van der Waals surface area contributed by atoms with Gasteiger partial charge in [-0.25, -0.2) is 4.39 Å². The van der Waals surface area contributed by atoms with Crippen LogP contribution in [0.4, 0.5) is 4.39 Å². The van der Waals surface area contributed by atoms with Gasteiger partial charge in [-0.2, -0.15) is 0 Å². The number of aliphatic hydroxyl groups is 1. The highest BCUT2D eigenvalue weighted by Gasteiger charge is 2.32. The Hall–Kier alpha value is -2.72. The molecule has 3 nitrogen and oxygen atoms in total. The van der Waals surface area contributed by atoms with Crippen molar-refractivity contribution in [3.8, 4) is 0 Å². The van der Waals surface area contributed by atoms with Crippen molar-refractivity contribution in [2.45, 2.75) is 58.7 Å². The Morgan fingerprint density at radius 2 is 1.97 bits per heavy atom. The van der Waals surface area contributed by atoms with E-state index in [0.717, 1.165) is 22.3 Å². The van der Waals surface area contributed by atoms with E-state index in [9.17, 15) is 14.3 Å². The summed E-state index contributed by atoms with van der Waals surface area (Å²) in [5, 5.41) is 9.99. The van der Waals surface area contributed by atoms with Gasteiger partial charge in [-0.1, -0.05) is 61.9 Å². The zero-order valence-electron chi connectivity index (χ0n) is 18.3. The second-order valence-electron chi connectivity index (χ2n) is 9.20. The fourth-order valence-corrected chi connectivity index (χ4v) is 4.67. The Labute approximate surface area is 183 Å². The molecular formula is C27H29FO3. The van der Waals surface area contributed by atoms with Crippen LogP contribution in [0.2, 0.25) is 0 Å². The molecule has 2 aromatic rings. The standard InChI is InChI=1S/C27H29FO3/c1-17-14-19(8-11-24(17)28)26-22-7-5-4-6-18(22)12-13-27(2,3)23(26)10-9-21-15-20(29)16-25(30)31-21/h4-8,11-14,20-21,29H,9-10,15-16H2,1-3H3. The first kappa shape index (κ1) is 21.5. The molecule has 1 N–H and O–H groups in total. The van der Waals surface area contributed by atoms with E-state index in [1.807, 2.05) is 24.3 Å². The Morgan fingerprint density at radius 3 is 2.71 bits per heavy atom. The minimum absolute atomic E-state index is 0.0703. The summed E-state index contributed by atoms with van der Waals surface area (Å²) in [4.78, 5) is 11.8. The van der Waals surface area contributed by atoms with Gasteiger partial charge in [0.1, 0.15) is 11.9 Å². The van der Waals surface area contributed by atoms with E-state index in [2.05, 4.69) is 38.1 Å². The summed E-state index contributed by atoms with van der Waals surface area (Å²) in [5.41, 5.74) is 5.92. The maximum atomic E-state index is 14.1. The van der Waals surface area contributed by atoms with Crippen molar-refractivity contribution in [3.63, 3.8) is 0 Å².